The van der Waals surface area contributed by atoms with Gasteiger partial charge in [0.15, 0.2) is 6.10 Å². The van der Waals surface area contributed by atoms with Crippen LogP contribution in [0.15, 0.2) is 48.5 Å². The van der Waals surface area contributed by atoms with E-state index in [0.717, 1.165) is 5.56 Å². The number of rotatable bonds is 8. The van der Waals surface area contributed by atoms with Crippen molar-refractivity contribution < 1.29 is 14.3 Å². The Morgan fingerprint density at radius 2 is 1.56 bits per heavy atom. The molecule has 0 radical (unpaired) electrons. The molecule has 0 bridgehead atoms. The van der Waals surface area contributed by atoms with Gasteiger partial charge < -0.3 is 15.4 Å². The summed E-state index contributed by atoms with van der Waals surface area (Å²) in [6.07, 6.45) is -0.609. The monoisotopic (exact) mass is 368 g/mol. The van der Waals surface area contributed by atoms with Crippen molar-refractivity contribution in [3.8, 4) is 5.75 Å². The Kier molecular flexibility index (Phi) is 7.41. The zero-order valence-corrected chi connectivity index (χ0v) is 16.4. The van der Waals surface area contributed by atoms with E-state index in [1.54, 1.807) is 13.0 Å². The van der Waals surface area contributed by atoms with Gasteiger partial charge in [-0.1, -0.05) is 44.2 Å². The number of hydrogen-bond donors (Lipinski definition) is 2. The third-order valence-electron chi connectivity index (χ3n) is 4.33. The number of ether oxygens (including phenoxy) is 1. The number of nitrogens with one attached hydrogen (secondary N) is 2. The fourth-order valence-corrected chi connectivity index (χ4v) is 2.62. The Morgan fingerprint density at radius 1 is 0.926 bits per heavy atom. The molecule has 2 N–H and O–H groups in total. The van der Waals surface area contributed by atoms with E-state index < -0.39 is 6.10 Å². The minimum Gasteiger partial charge on any atom is -0.481 e. The molecule has 144 valence electrons. The van der Waals surface area contributed by atoms with Gasteiger partial charge in [0, 0.05) is 18.7 Å². The van der Waals surface area contributed by atoms with Gasteiger partial charge in [-0.2, -0.15) is 0 Å². The Bertz CT molecular complexity index is 769. The van der Waals surface area contributed by atoms with Crippen LogP contribution >= 0.6 is 0 Å². The van der Waals surface area contributed by atoms with Crippen molar-refractivity contribution in [3.63, 3.8) is 0 Å². The second kappa shape index (κ2) is 9.76. The van der Waals surface area contributed by atoms with Crippen LogP contribution in [0.1, 0.15) is 48.2 Å². The lowest BCUT2D eigenvalue weighted by Gasteiger charge is -2.15. The summed E-state index contributed by atoms with van der Waals surface area (Å²) in [5, 5.41) is 5.58. The van der Waals surface area contributed by atoms with Crippen LogP contribution in [-0.2, 0) is 4.79 Å². The van der Waals surface area contributed by atoms with Crippen LogP contribution in [0.5, 0.6) is 5.75 Å². The summed E-state index contributed by atoms with van der Waals surface area (Å²) in [7, 11) is 0. The van der Waals surface area contributed by atoms with Crippen molar-refractivity contribution in [2.75, 3.05) is 13.1 Å². The van der Waals surface area contributed by atoms with Crippen LogP contribution in [0.2, 0.25) is 0 Å². The average Bonchev–Trinajstić information content (AvgIpc) is 2.65. The van der Waals surface area contributed by atoms with E-state index in [1.807, 2.05) is 49.4 Å². The fourth-order valence-electron chi connectivity index (χ4n) is 2.62. The first kappa shape index (κ1) is 20.5. The van der Waals surface area contributed by atoms with Gasteiger partial charge in [0.1, 0.15) is 5.75 Å². The summed E-state index contributed by atoms with van der Waals surface area (Å²) in [5.41, 5.74) is 2.79. The SMILES string of the molecule is Cc1ccccc1C(=O)NCCNC(=O)C(C)Oc1ccc(C(C)C)cc1. The smallest absolute Gasteiger partial charge is 0.260 e. The number of benzene rings is 2. The van der Waals surface area contributed by atoms with Gasteiger partial charge in [0.05, 0.1) is 0 Å². The second-order valence-electron chi connectivity index (χ2n) is 6.85. The average molecular weight is 368 g/mol. The Balaban J connectivity index is 1.73. The van der Waals surface area contributed by atoms with E-state index >= 15 is 0 Å². The highest BCUT2D eigenvalue weighted by Gasteiger charge is 2.14. The molecular weight excluding hydrogens is 340 g/mol. The van der Waals surface area contributed by atoms with Crippen molar-refractivity contribution >= 4 is 11.8 Å². The van der Waals surface area contributed by atoms with Crippen LogP contribution < -0.4 is 15.4 Å². The Morgan fingerprint density at radius 3 is 2.19 bits per heavy atom. The van der Waals surface area contributed by atoms with Crippen LogP contribution in [0, 0.1) is 6.92 Å². The summed E-state index contributed by atoms with van der Waals surface area (Å²) in [4.78, 5) is 24.3. The number of hydrogen-bond acceptors (Lipinski definition) is 3. The summed E-state index contributed by atoms with van der Waals surface area (Å²) in [5.74, 6) is 0.759. The number of carbonyl (C=O) groups is 2. The summed E-state index contributed by atoms with van der Waals surface area (Å²) >= 11 is 0. The molecule has 0 fully saturated rings. The first-order chi connectivity index (χ1) is 12.9. The molecule has 0 saturated heterocycles. The van der Waals surface area contributed by atoms with Crippen molar-refractivity contribution in [2.45, 2.75) is 39.7 Å². The number of carbonyl (C=O) groups excluding carboxylic acids is 2. The highest BCUT2D eigenvalue weighted by atomic mass is 16.5. The zero-order valence-electron chi connectivity index (χ0n) is 16.4. The molecule has 0 aliphatic carbocycles. The predicted octanol–water partition coefficient (Wildman–Crippen LogP) is 3.43. The molecule has 2 aromatic carbocycles. The van der Waals surface area contributed by atoms with E-state index in [2.05, 4.69) is 24.5 Å². The molecule has 2 amide bonds. The molecule has 27 heavy (non-hydrogen) atoms. The summed E-state index contributed by atoms with van der Waals surface area (Å²) in [6.45, 7) is 8.56. The molecule has 5 heteroatoms. The van der Waals surface area contributed by atoms with Crippen molar-refractivity contribution in [2.24, 2.45) is 0 Å². The minimum absolute atomic E-state index is 0.142. The highest BCUT2D eigenvalue weighted by Crippen LogP contribution is 2.19. The quantitative estimate of drug-likeness (QED) is 0.702. The summed E-state index contributed by atoms with van der Waals surface area (Å²) in [6, 6.07) is 15.2. The normalized spacial score (nSPS) is 11.7. The fraction of sp³-hybridized carbons (Fsp3) is 0.364. The van der Waals surface area contributed by atoms with Crippen LogP contribution in [-0.4, -0.2) is 31.0 Å². The van der Waals surface area contributed by atoms with Crippen molar-refractivity contribution in [3.05, 3.63) is 65.2 Å². The molecular formula is C22H28N2O3. The molecule has 0 saturated carbocycles. The van der Waals surface area contributed by atoms with Gasteiger partial charge in [0.25, 0.3) is 11.8 Å². The molecule has 2 rings (SSSR count). The van der Waals surface area contributed by atoms with Crippen LogP contribution in [0.4, 0.5) is 0 Å². The minimum atomic E-state index is -0.609. The molecule has 0 aliphatic rings. The van der Waals surface area contributed by atoms with E-state index in [-0.39, 0.29) is 11.8 Å². The van der Waals surface area contributed by atoms with Crippen LogP contribution in [0.25, 0.3) is 0 Å². The standard InChI is InChI=1S/C22H28N2O3/c1-15(2)18-9-11-19(12-10-18)27-17(4)21(25)23-13-14-24-22(26)20-8-6-5-7-16(20)3/h5-12,15,17H,13-14H2,1-4H3,(H,23,25)(H,24,26). The van der Waals surface area contributed by atoms with Gasteiger partial charge >= 0.3 is 0 Å². The Hall–Kier alpha value is -2.82. The van der Waals surface area contributed by atoms with Gasteiger partial charge in [-0.3, -0.25) is 9.59 Å². The number of amides is 2. The maximum Gasteiger partial charge on any atom is 0.260 e. The third-order valence-corrected chi connectivity index (χ3v) is 4.33. The molecule has 1 unspecified atom stereocenters. The second-order valence-corrected chi connectivity index (χ2v) is 6.85. The third kappa shape index (κ3) is 6.13. The van der Waals surface area contributed by atoms with Gasteiger partial charge in [-0.25, -0.2) is 0 Å². The van der Waals surface area contributed by atoms with Crippen LogP contribution in [0.3, 0.4) is 0 Å². The van der Waals surface area contributed by atoms with E-state index in [9.17, 15) is 9.59 Å². The number of aryl methyl sites for hydroxylation is 1. The van der Waals surface area contributed by atoms with Crippen molar-refractivity contribution in [1.82, 2.24) is 10.6 Å². The maximum absolute atomic E-state index is 12.1. The first-order valence-corrected chi connectivity index (χ1v) is 9.26. The maximum atomic E-state index is 12.1. The van der Waals surface area contributed by atoms with Gasteiger partial charge in [-0.05, 0) is 49.1 Å². The molecule has 0 aliphatic heterocycles. The summed E-state index contributed by atoms with van der Waals surface area (Å²) < 4.78 is 5.67. The lowest BCUT2D eigenvalue weighted by Crippen LogP contribution is -2.40. The van der Waals surface area contributed by atoms with Crippen molar-refractivity contribution in [1.29, 1.82) is 0 Å². The molecule has 2 aromatic rings. The molecule has 0 heterocycles. The lowest BCUT2D eigenvalue weighted by atomic mass is 10.0. The predicted molar refractivity (Wildman–Crippen MR) is 107 cm³/mol. The lowest BCUT2D eigenvalue weighted by molar-refractivity contribution is -0.127. The molecule has 5 nitrogen and oxygen atoms in total. The topological polar surface area (TPSA) is 67.4 Å². The van der Waals surface area contributed by atoms with Gasteiger partial charge in [0.2, 0.25) is 0 Å². The first-order valence-electron chi connectivity index (χ1n) is 9.26. The molecule has 1 atom stereocenters. The Labute approximate surface area is 161 Å². The highest BCUT2D eigenvalue weighted by molar-refractivity contribution is 5.95. The zero-order chi connectivity index (χ0) is 19.8. The molecule has 0 spiro atoms. The van der Waals surface area contributed by atoms with E-state index in [0.29, 0.717) is 30.3 Å². The van der Waals surface area contributed by atoms with E-state index in [1.165, 1.54) is 5.56 Å². The van der Waals surface area contributed by atoms with Gasteiger partial charge in [-0.15, -0.1) is 0 Å². The largest absolute Gasteiger partial charge is 0.481 e. The molecule has 0 aromatic heterocycles. The van der Waals surface area contributed by atoms with E-state index in [4.69, 9.17) is 4.74 Å².